The molecule has 140 valence electrons. The summed E-state index contributed by atoms with van der Waals surface area (Å²) in [5, 5.41) is 0. The van der Waals surface area contributed by atoms with E-state index in [1.165, 1.54) is 38.2 Å². The highest BCUT2D eigenvalue weighted by molar-refractivity contribution is 5.98. The molecule has 26 heavy (non-hydrogen) atoms. The van der Waals surface area contributed by atoms with Crippen LogP contribution in [-0.2, 0) is 4.79 Å². The molecule has 1 atom stereocenters. The maximum atomic E-state index is 13.6. The molecule has 4 rings (SSSR count). The molecule has 3 aliphatic rings. The first-order chi connectivity index (χ1) is 12.5. The van der Waals surface area contributed by atoms with E-state index in [1.54, 1.807) is 4.90 Å². The molecule has 6 heteroatoms. The Labute approximate surface area is 153 Å². The Morgan fingerprint density at radius 2 is 2.12 bits per heavy atom. The van der Waals surface area contributed by atoms with Crippen molar-refractivity contribution >= 4 is 11.8 Å². The van der Waals surface area contributed by atoms with Gasteiger partial charge in [0.25, 0.3) is 5.91 Å². The fourth-order valence-electron chi connectivity index (χ4n) is 4.38. The zero-order valence-electron chi connectivity index (χ0n) is 15.2. The monoisotopic (exact) mass is 360 g/mol. The number of hydrogen-bond acceptors (Lipinski definition) is 3. The predicted octanol–water partition coefficient (Wildman–Crippen LogP) is 2.70. The van der Waals surface area contributed by atoms with Gasteiger partial charge in [-0.3, -0.25) is 9.59 Å². The number of likely N-dealkylation sites (tertiary alicyclic amines) is 2. The number of amides is 2. The van der Waals surface area contributed by atoms with Crippen molar-refractivity contribution in [3.05, 3.63) is 29.6 Å². The zero-order chi connectivity index (χ0) is 18.3. The highest BCUT2D eigenvalue weighted by Crippen LogP contribution is 2.42. The summed E-state index contributed by atoms with van der Waals surface area (Å²) in [4.78, 5) is 29.7. The number of carbonyl (C=O) groups is 2. The largest absolute Gasteiger partial charge is 0.496 e. The van der Waals surface area contributed by atoms with Crippen molar-refractivity contribution < 1.29 is 18.7 Å². The summed E-state index contributed by atoms with van der Waals surface area (Å²) in [6.45, 7) is 2.65. The van der Waals surface area contributed by atoms with E-state index >= 15 is 0 Å². The second-order valence-electron chi connectivity index (χ2n) is 7.90. The zero-order valence-corrected chi connectivity index (χ0v) is 15.2. The second-order valence-corrected chi connectivity index (χ2v) is 7.90. The fourth-order valence-corrected chi connectivity index (χ4v) is 4.38. The van der Waals surface area contributed by atoms with Gasteiger partial charge in [0.2, 0.25) is 5.91 Å². The van der Waals surface area contributed by atoms with Crippen LogP contribution in [0.2, 0.25) is 0 Å². The van der Waals surface area contributed by atoms with Gasteiger partial charge in [-0.25, -0.2) is 4.39 Å². The molecular weight excluding hydrogens is 335 g/mol. The topological polar surface area (TPSA) is 49.9 Å². The molecule has 1 spiro atoms. The lowest BCUT2D eigenvalue weighted by Gasteiger charge is -2.39. The third-order valence-electron chi connectivity index (χ3n) is 6.03. The molecule has 0 aromatic heterocycles. The first-order valence-electron chi connectivity index (χ1n) is 9.45. The third-order valence-corrected chi connectivity index (χ3v) is 6.03. The van der Waals surface area contributed by atoms with Crippen molar-refractivity contribution in [2.45, 2.75) is 32.1 Å². The van der Waals surface area contributed by atoms with Crippen LogP contribution < -0.4 is 4.74 Å². The van der Waals surface area contributed by atoms with Crippen LogP contribution in [0.5, 0.6) is 5.75 Å². The average molecular weight is 360 g/mol. The van der Waals surface area contributed by atoms with E-state index in [1.807, 2.05) is 4.90 Å². The van der Waals surface area contributed by atoms with E-state index in [2.05, 4.69) is 0 Å². The molecule has 0 radical (unpaired) electrons. The van der Waals surface area contributed by atoms with Gasteiger partial charge in [-0.05, 0) is 56.2 Å². The molecule has 2 saturated heterocycles. The molecule has 1 aromatic carbocycles. The lowest BCUT2D eigenvalue weighted by molar-refractivity contribution is -0.145. The van der Waals surface area contributed by atoms with Gasteiger partial charge >= 0.3 is 0 Å². The van der Waals surface area contributed by atoms with Crippen LogP contribution in [0.1, 0.15) is 42.5 Å². The van der Waals surface area contributed by atoms with E-state index in [0.29, 0.717) is 31.2 Å². The highest BCUT2D eigenvalue weighted by atomic mass is 19.1. The summed E-state index contributed by atoms with van der Waals surface area (Å²) in [6, 6.07) is 3.97. The van der Waals surface area contributed by atoms with E-state index in [9.17, 15) is 14.0 Å². The number of carbonyl (C=O) groups excluding carboxylic acids is 2. The number of benzene rings is 1. The van der Waals surface area contributed by atoms with Crippen LogP contribution in [0.4, 0.5) is 4.39 Å². The number of halogens is 1. The van der Waals surface area contributed by atoms with Gasteiger partial charge in [0.05, 0.1) is 18.1 Å². The quantitative estimate of drug-likeness (QED) is 0.830. The maximum absolute atomic E-state index is 13.6. The summed E-state index contributed by atoms with van der Waals surface area (Å²) in [7, 11) is 1.47. The second kappa shape index (κ2) is 6.56. The summed E-state index contributed by atoms with van der Waals surface area (Å²) in [5.74, 6) is 0.516. The van der Waals surface area contributed by atoms with Crippen LogP contribution in [0, 0.1) is 17.2 Å². The molecule has 2 aliphatic heterocycles. The van der Waals surface area contributed by atoms with Crippen molar-refractivity contribution in [3.8, 4) is 5.75 Å². The van der Waals surface area contributed by atoms with Gasteiger partial charge in [-0.15, -0.1) is 0 Å². The summed E-state index contributed by atoms with van der Waals surface area (Å²) < 4.78 is 18.9. The summed E-state index contributed by atoms with van der Waals surface area (Å²) >= 11 is 0. The normalized spacial score (nSPS) is 25.8. The van der Waals surface area contributed by atoms with Gasteiger partial charge in [-0.2, -0.15) is 0 Å². The molecule has 1 saturated carbocycles. The maximum Gasteiger partial charge on any atom is 0.257 e. The molecule has 0 N–H and O–H groups in total. The van der Waals surface area contributed by atoms with E-state index in [-0.39, 0.29) is 17.4 Å². The standard InChI is InChI=1S/C20H25FN2O3/c1-26-17-6-5-15(21)11-16(17)18(24)23-10-8-20(13-23)7-2-9-22(19(20)25)12-14-3-4-14/h5-6,11,14H,2-4,7-10,12-13H2,1H3. The molecule has 0 bridgehead atoms. The third kappa shape index (κ3) is 3.06. The Bertz CT molecular complexity index is 734. The molecule has 1 aromatic rings. The van der Waals surface area contributed by atoms with Gasteiger partial charge in [0, 0.05) is 26.2 Å². The minimum Gasteiger partial charge on any atom is -0.496 e. The summed E-state index contributed by atoms with van der Waals surface area (Å²) in [6.07, 6.45) is 4.96. The SMILES string of the molecule is COc1ccc(F)cc1C(=O)N1CCC2(CCCN(CC3CC3)C2=O)C1. The number of hydrogen-bond donors (Lipinski definition) is 0. The molecule has 1 unspecified atom stereocenters. The Morgan fingerprint density at radius 1 is 1.31 bits per heavy atom. The minimum atomic E-state index is -0.465. The van der Waals surface area contributed by atoms with Crippen molar-refractivity contribution in [1.82, 2.24) is 9.80 Å². The Kier molecular flexibility index (Phi) is 4.37. The van der Waals surface area contributed by atoms with E-state index in [0.717, 1.165) is 25.9 Å². The Balaban J connectivity index is 1.51. The first-order valence-corrected chi connectivity index (χ1v) is 9.45. The van der Waals surface area contributed by atoms with Crippen LogP contribution in [0.25, 0.3) is 0 Å². The lowest BCUT2D eigenvalue weighted by Crippen LogP contribution is -2.51. The number of ether oxygens (including phenoxy) is 1. The molecule has 1 aliphatic carbocycles. The lowest BCUT2D eigenvalue weighted by atomic mass is 9.78. The van der Waals surface area contributed by atoms with Crippen LogP contribution in [0.3, 0.4) is 0 Å². The Morgan fingerprint density at radius 3 is 2.85 bits per heavy atom. The molecule has 2 heterocycles. The molecular formula is C20H25FN2O3. The smallest absolute Gasteiger partial charge is 0.257 e. The number of piperidine rings is 1. The van der Waals surface area contributed by atoms with Gasteiger partial charge in [-0.1, -0.05) is 0 Å². The highest BCUT2D eigenvalue weighted by Gasteiger charge is 2.50. The summed E-state index contributed by atoms with van der Waals surface area (Å²) in [5.41, 5.74) is -0.230. The predicted molar refractivity (Wildman–Crippen MR) is 94.4 cm³/mol. The molecule has 3 fully saturated rings. The fraction of sp³-hybridized carbons (Fsp3) is 0.600. The molecule has 2 amide bonds. The van der Waals surface area contributed by atoms with Gasteiger partial charge in [0.1, 0.15) is 11.6 Å². The van der Waals surface area contributed by atoms with Crippen LogP contribution >= 0.6 is 0 Å². The number of methoxy groups -OCH3 is 1. The van der Waals surface area contributed by atoms with E-state index < -0.39 is 11.2 Å². The first kappa shape index (κ1) is 17.3. The van der Waals surface area contributed by atoms with Gasteiger partial charge < -0.3 is 14.5 Å². The minimum absolute atomic E-state index is 0.206. The van der Waals surface area contributed by atoms with Gasteiger partial charge in [0.15, 0.2) is 0 Å². The average Bonchev–Trinajstić information content (AvgIpc) is 3.36. The van der Waals surface area contributed by atoms with E-state index in [4.69, 9.17) is 4.74 Å². The number of nitrogens with zero attached hydrogens (tertiary/aromatic N) is 2. The number of rotatable bonds is 4. The van der Waals surface area contributed by atoms with Crippen molar-refractivity contribution in [1.29, 1.82) is 0 Å². The van der Waals surface area contributed by atoms with Crippen LogP contribution in [0.15, 0.2) is 18.2 Å². The van der Waals surface area contributed by atoms with Crippen LogP contribution in [-0.4, -0.2) is 54.9 Å². The molecule has 5 nitrogen and oxygen atoms in total. The van der Waals surface area contributed by atoms with Crippen molar-refractivity contribution in [2.24, 2.45) is 11.3 Å². The Hall–Kier alpha value is -2.11. The van der Waals surface area contributed by atoms with Crippen molar-refractivity contribution in [3.63, 3.8) is 0 Å². The van der Waals surface area contributed by atoms with Crippen molar-refractivity contribution in [2.75, 3.05) is 33.3 Å².